The minimum atomic E-state index is -4.46. The molecule has 0 spiro atoms. The molecule has 1 amide bonds. The number of aromatic nitrogens is 3. The van der Waals surface area contributed by atoms with E-state index in [4.69, 9.17) is 0 Å². The van der Waals surface area contributed by atoms with E-state index in [0.29, 0.717) is 41.6 Å². The van der Waals surface area contributed by atoms with Crippen LogP contribution >= 0.6 is 11.8 Å². The maximum absolute atomic E-state index is 13.7. The Morgan fingerprint density at radius 3 is 2.74 bits per heavy atom. The van der Waals surface area contributed by atoms with Gasteiger partial charge in [0.05, 0.1) is 5.56 Å². The summed E-state index contributed by atoms with van der Waals surface area (Å²) >= 11 is 1.29. The first kappa shape index (κ1) is 21.6. The third-order valence-corrected chi connectivity index (χ3v) is 6.36. The number of benzene rings is 1. The molecule has 1 atom stereocenters. The smallest absolute Gasteiger partial charge is 0.342 e. The van der Waals surface area contributed by atoms with Gasteiger partial charge in [0, 0.05) is 42.3 Å². The van der Waals surface area contributed by atoms with Crippen LogP contribution in [-0.2, 0) is 11.0 Å². The van der Waals surface area contributed by atoms with Crippen LogP contribution in [0.5, 0.6) is 0 Å². The van der Waals surface area contributed by atoms with E-state index in [2.05, 4.69) is 10.2 Å². The van der Waals surface area contributed by atoms with Crippen molar-refractivity contribution in [2.75, 3.05) is 18.8 Å². The number of hydrogen-bond acceptors (Lipinski definition) is 4. The molecule has 3 aromatic rings. The second-order valence-electron chi connectivity index (χ2n) is 7.41. The van der Waals surface area contributed by atoms with Gasteiger partial charge in [0.15, 0.2) is 5.65 Å². The molecule has 10 heteroatoms. The molecule has 4 rings (SSSR count). The zero-order chi connectivity index (χ0) is 22.0. The van der Waals surface area contributed by atoms with Gasteiger partial charge >= 0.3 is 6.18 Å². The van der Waals surface area contributed by atoms with Crippen LogP contribution in [-0.4, -0.2) is 44.2 Å². The number of alkyl halides is 3. The fourth-order valence-corrected chi connectivity index (χ4v) is 4.61. The second kappa shape index (κ2) is 8.86. The third-order valence-electron chi connectivity index (χ3n) is 5.31. The highest BCUT2D eigenvalue weighted by Gasteiger charge is 2.32. The van der Waals surface area contributed by atoms with E-state index in [-0.39, 0.29) is 24.1 Å². The molecule has 1 aliphatic rings. The second-order valence-corrected chi connectivity index (χ2v) is 8.55. The average molecular weight is 452 g/mol. The highest BCUT2D eigenvalue weighted by molar-refractivity contribution is 7.99. The minimum absolute atomic E-state index is 0.0571. The molecule has 2 aromatic heterocycles. The standard InChI is InChI=1S/C21H20F4N4OS/c22-16-5-1-2-6-17(16)31-11-9-19(30)28-10-3-4-14(12-28)20-27-26-18-8-7-15(13-29(18)20)21(23,24)25/h1-2,5-8,13-14H,3-4,9-12H2. The SMILES string of the molecule is O=C(CCSc1ccccc1F)N1CCCC(c2nnc3ccc(C(F)(F)F)cn23)C1. The molecule has 164 valence electrons. The Morgan fingerprint density at radius 2 is 1.97 bits per heavy atom. The fraction of sp³-hybridized carbons (Fsp3) is 0.381. The number of carbonyl (C=O) groups is 1. The predicted molar refractivity (Wildman–Crippen MR) is 108 cm³/mol. The van der Waals surface area contributed by atoms with Crippen LogP contribution in [0.15, 0.2) is 47.5 Å². The highest BCUT2D eigenvalue weighted by atomic mass is 32.2. The van der Waals surface area contributed by atoms with Crippen LogP contribution in [0.25, 0.3) is 5.65 Å². The Morgan fingerprint density at radius 1 is 1.16 bits per heavy atom. The third kappa shape index (κ3) is 4.84. The Bertz CT molecular complexity index is 1080. The number of fused-ring (bicyclic) bond motifs is 1. The van der Waals surface area contributed by atoms with Crippen molar-refractivity contribution in [2.24, 2.45) is 0 Å². The van der Waals surface area contributed by atoms with Crippen molar-refractivity contribution in [2.45, 2.75) is 36.3 Å². The molecule has 0 saturated carbocycles. The average Bonchev–Trinajstić information content (AvgIpc) is 3.18. The first-order chi connectivity index (χ1) is 14.8. The lowest BCUT2D eigenvalue weighted by Crippen LogP contribution is -2.39. The van der Waals surface area contributed by atoms with Crippen molar-refractivity contribution in [3.8, 4) is 0 Å². The van der Waals surface area contributed by atoms with Crippen molar-refractivity contribution >= 4 is 23.3 Å². The Balaban J connectivity index is 1.42. The minimum Gasteiger partial charge on any atom is -0.342 e. The van der Waals surface area contributed by atoms with Gasteiger partial charge in [0.25, 0.3) is 0 Å². The topological polar surface area (TPSA) is 50.5 Å². The zero-order valence-corrected chi connectivity index (χ0v) is 17.3. The number of rotatable bonds is 5. The van der Waals surface area contributed by atoms with Gasteiger partial charge in [-0.1, -0.05) is 12.1 Å². The van der Waals surface area contributed by atoms with E-state index in [1.807, 2.05) is 0 Å². The molecule has 1 aromatic carbocycles. The van der Waals surface area contributed by atoms with Crippen molar-refractivity contribution < 1.29 is 22.4 Å². The van der Waals surface area contributed by atoms with Gasteiger partial charge in [-0.05, 0) is 37.1 Å². The highest BCUT2D eigenvalue weighted by Crippen LogP contribution is 2.31. The quantitative estimate of drug-likeness (QED) is 0.413. The lowest BCUT2D eigenvalue weighted by atomic mass is 9.97. The molecule has 0 radical (unpaired) electrons. The molecule has 3 heterocycles. The molecular weight excluding hydrogens is 432 g/mol. The molecule has 0 aliphatic carbocycles. The number of likely N-dealkylation sites (tertiary alicyclic amines) is 1. The van der Waals surface area contributed by atoms with E-state index >= 15 is 0 Å². The monoisotopic (exact) mass is 452 g/mol. The lowest BCUT2D eigenvalue weighted by Gasteiger charge is -2.32. The van der Waals surface area contributed by atoms with Crippen LogP contribution in [0.4, 0.5) is 17.6 Å². The number of hydrogen-bond donors (Lipinski definition) is 0. The molecular formula is C21H20F4N4OS. The summed E-state index contributed by atoms with van der Waals surface area (Å²) in [5, 5.41) is 8.09. The number of halogens is 4. The normalized spacial score (nSPS) is 17.3. The van der Waals surface area contributed by atoms with Gasteiger partial charge in [-0.15, -0.1) is 22.0 Å². The first-order valence-electron chi connectivity index (χ1n) is 9.90. The maximum atomic E-state index is 13.7. The molecule has 1 unspecified atom stereocenters. The summed E-state index contributed by atoms with van der Waals surface area (Å²) < 4.78 is 54.4. The van der Waals surface area contributed by atoms with Gasteiger partial charge < -0.3 is 4.90 Å². The van der Waals surface area contributed by atoms with Gasteiger partial charge in [-0.3, -0.25) is 9.20 Å². The summed E-state index contributed by atoms with van der Waals surface area (Å²) in [6.07, 6.45) is -1.75. The number of carbonyl (C=O) groups excluding carboxylic acids is 1. The van der Waals surface area contributed by atoms with Gasteiger partial charge in [0.2, 0.25) is 5.91 Å². The summed E-state index contributed by atoms with van der Waals surface area (Å²) in [6.45, 7) is 0.963. The summed E-state index contributed by atoms with van der Waals surface area (Å²) in [5.74, 6) is 0.312. The van der Waals surface area contributed by atoms with Crippen LogP contribution in [0, 0.1) is 5.82 Å². The number of nitrogens with zero attached hydrogens (tertiary/aromatic N) is 4. The van der Waals surface area contributed by atoms with Crippen LogP contribution in [0.2, 0.25) is 0 Å². The number of pyridine rings is 1. The zero-order valence-electron chi connectivity index (χ0n) is 16.5. The summed E-state index contributed by atoms with van der Waals surface area (Å²) in [4.78, 5) is 14.9. The van der Waals surface area contributed by atoms with E-state index < -0.39 is 11.7 Å². The Kier molecular flexibility index (Phi) is 6.17. The molecule has 1 saturated heterocycles. The molecule has 1 aliphatic heterocycles. The molecule has 0 bridgehead atoms. The molecule has 1 fully saturated rings. The number of piperidine rings is 1. The Labute approximate surface area is 180 Å². The summed E-state index contributed by atoms with van der Waals surface area (Å²) in [6, 6.07) is 8.70. The van der Waals surface area contributed by atoms with Gasteiger partial charge in [0.1, 0.15) is 11.6 Å². The van der Waals surface area contributed by atoms with Crippen molar-refractivity contribution in [3.63, 3.8) is 0 Å². The van der Waals surface area contributed by atoms with Gasteiger partial charge in [-0.2, -0.15) is 13.2 Å². The van der Waals surface area contributed by atoms with Crippen molar-refractivity contribution in [3.05, 3.63) is 59.8 Å². The summed E-state index contributed by atoms with van der Waals surface area (Å²) in [5.41, 5.74) is -0.428. The van der Waals surface area contributed by atoms with E-state index in [1.54, 1.807) is 23.1 Å². The van der Waals surface area contributed by atoms with E-state index in [0.717, 1.165) is 18.7 Å². The maximum Gasteiger partial charge on any atom is 0.417 e. The van der Waals surface area contributed by atoms with Crippen LogP contribution < -0.4 is 0 Å². The molecule has 5 nitrogen and oxygen atoms in total. The largest absolute Gasteiger partial charge is 0.417 e. The Hall–Kier alpha value is -2.62. The predicted octanol–water partition coefficient (Wildman–Crippen LogP) is 4.78. The number of amides is 1. The summed E-state index contributed by atoms with van der Waals surface area (Å²) in [7, 11) is 0. The van der Waals surface area contributed by atoms with Crippen molar-refractivity contribution in [1.82, 2.24) is 19.5 Å². The van der Waals surface area contributed by atoms with Crippen molar-refractivity contribution in [1.29, 1.82) is 0 Å². The van der Waals surface area contributed by atoms with E-state index in [1.165, 1.54) is 28.3 Å². The number of thioether (sulfide) groups is 1. The molecule has 0 N–H and O–H groups in total. The van der Waals surface area contributed by atoms with Gasteiger partial charge in [-0.25, -0.2) is 4.39 Å². The van der Waals surface area contributed by atoms with Crippen LogP contribution in [0.3, 0.4) is 0 Å². The molecule has 31 heavy (non-hydrogen) atoms. The van der Waals surface area contributed by atoms with Crippen LogP contribution in [0.1, 0.15) is 36.6 Å². The fourth-order valence-electron chi connectivity index (χ4n) is 3.74. The first-order valence-corrected chi connectivity index (χ1v) is 10.9. The lowest BCUT2D eigenvalue weighted by molar-refractivity contribution is -0.137. The van der Waals surface area contributed by atoms with E-state index in [9.17, 15) is 22.4 Å².